The van der Waals surface area contributed by atoms with Crippen LogP contribution in [0.3, 0.4) is 0 Å². The van der Waals surface area contributed by atoms with Gasteiger partial charge in [0.05, 0.1) is 18.1 Å². The molecule has 0 amide bonds. The minimum atomic E-state index is -1.81. The van der Waals surface area contributed by atoms with Crippen LogP contribution in [-0.4, -0.2) is 99.6 Å². The summed E-state index contributed by atoms with van der Waals surface area (Å²) in [6.45, 7) is -0.724. The van der Waals surface area contributed by atoms with Gasteiger partial charge in [0.2, 0.25) is 6.29 Å². The summed E-state index contributed by atoms with van der Waals surface area (Å²) in [5, 5.41) is 117. The van der Waals surface area contributed by atoms with Gasteiger partial charge >= 0.3 is 0 Å². The minimum absolute atomic E-state index is 0.0318. The van der Waals surface area contributed by atoms with Crippen molar-refractivity contribution in [2.24, 2.45) is 0 Å². The summed E-state index contributed by atoms with van der Waals surface area (Å²) in [4.78, 5) is 0. The van der Waals surface area contributed by atoms with E-state index in [9.17, 15) is 56.2 Å². The van der Waals surface area contributed by atoms with Gasteiger partial charge in [-0.3, -0.25) is 0 Å². The van der Waals surface area contributed by atoms with Gasteiger partial charge < -0.3 is 75.1 Å². The fraction of sp³-hybridized carbons (Fsp3) is 0.278. The van der Waals surface area contributed by atoms with E-state index in [0.29, 0.717) is 11.1 Å². The van der Waals surface area contributed by atoms with Crippen LogP contribution in [-0.2, 0) is 9.47 Å². The monoisotopic (exact) mass is 706 g/mol. The Labute approximate surface area is 288 Å². The number of ether oxygens (including phenoxy) is 4. The van der Waals surface area contributed by atoms with Gasteiger partial charge in [-0.2, -0.15) is 0 Å². The van der Waals surface area contributed by atoms with Gasteiger partial charge in [0.25, 0.3) is 0 Å². The van der Waals surface area contributed by atoms with Crippen LogP contribution in [0.15, 0.2) is 72.5 Å². The lowest BCUT2D eigenvalue weighted by Crippen LogP contribution is -2.59. The highest BCUT2D eigenvalue weighted by atomic mass is 16.7. The van der Waals surface area contributed by atoms with Gasteiger partial charge in [-0.05, 0) is 35.9 Å². The molecule has 1 saturated heterocycles. The molecular formula is C36H34O15. The molecule has 0 bridgehead atoms. The van der Waals surface area contributed by atoms with Gasteiger partial charge in [-0.15, -0.1) is 0 Å². The van der Waals surface area contributed by atoms with Crippen LogP contribution in [0, 0.1) is 0 Å². The number of fused-ring (bicyclic) bond motifs is 2. The highest BCUT2D eigenvalue weighted by Gasteiger charge is 2.48. The smallest absolute Gasteiger partial charge is 0.228 e. The number of aliphatic hydroxyl groups excluding tert-OH is 5. The molecule has 9 unspecified atom stereocenters. The van der Waals surface area contributed by atoms with Gasteiger partial charge in [-0.1, -0.05) is 24.3 Å². The Bertz CT molecular complexity index is 1960. The van der Waals surface area contributed by atoms with E-state index in [1.807, 2.05) is 0 Å². The molecule has 4 aromatic rings. The van der Waals surface area contributed by atoms with Crippen molar-refractivity contribution in [3.8, 4) is 46.0 Å². The largest absolute Gasteiger partial charge is 0.508 e. The molecule has 7 rings (SSSR count). The molecule has 15 nitrogen and oxygen atoms in total. The molecule has 3 aliphatic heterocycles. The van der Waals surface area contributed by atoms with Gasteiger partial charge in [0.1, 0.15) is 82.3 Å². The van der Waals surface area contributed by atoms with Crippen LogP contribution >= 0.6 is 0 Å². The number of aromatic hydroxyl groups is 6. The maximum Gasteiger partial charge on any atom is 0.228 e. The Morgan fingerprint density at radius 3 is 1.88 bits per heavy atom. The summed E-state index contributed by atoms with van der Waals surface area (Å²) in [5.74, 6) is -3.76. The van der Waals surface area contributed by atoms with Crippen molar-refractivity contribution >= 4 is 6.08 Å². The average molecular weight is 707 g/mol. The fourth-order valence-corrected chi connectivity index (χ4v) is 6.70. The lowest BCUT2D eigenvalue weighted by molar-refractivity contribution is -0.293. The number of hydrogen-bond donors (Lipinski definition) is 11. The first-order valence-electron chi connectivity index (χ1n) is 15.8. The van der Waals surface area contributed by atoms with E-state index in [0.717, 1.165) is 12.1 Å². The molecule has 15 heteroatoms. The number of phenolic OH excluding ortho intramolecular Hbond substituents is 6. The van der Waals surface area contributed by atoms with Crippen molar-refractivity contribution in [3.05, 3.63) is 100 Å². The van der Waals surface area contributed by atoms with Crippen molar-refractivity contribution in [2.45, 2.75) is 54.9 Å². The number of rotatable bonds is 6. The second-order valence-corrected chi connectivity index (χ2v) is 12.5. The number of aliphatic hydroxyl groups is 5. The van der Waals surface area contributed by atoms with E-state index in [1.54, 1.807) is 0 Å². The molecule has 0 saturated carbocycles. The van der Waals surface area contributed by atoms with Crippen molar-refractivity contribution in [2.75, 3.05) is 6.61 Å². The normalized spacial score (nSPS) is 28.4. The molecule has 4 aromatic carbocycles. The van der Waals surface area contributed by atoms with E-state index in [4.69, 9.17) is 18.9 Å². The summed E-state index contributed by atoms with van der Waals surface area (Å²) < 4.78 is 24.1. The second kappa shape index (κ2) is 13.0. The van der Waals surface area contributed by atoms with E-state index >= 15 is 0 Å². The number of hydrogen-bond acceptors (Lipinski definition) is 15. The third-order valence-electron chi connectivity index (χ3n) is 9.25. The SMILES string of the molecule is OCC1OC(OC2=Cc3c(O)cc(O)c(C4c5c(O)cc(O)cc5OC(c5ccc(O)cc5)C4O)c3OC2c2ccc(O)cc2)C(O)C(O)C1O. The molecule has 3 heterocycles. The summed E-state index contributed by atoms with van der Waals surface area (Å²) in [6.07, 6.45) is -10.9. The Hall–Kier alpha value is -5.42. The minimum Gasteiger partial charge on any atom is -0.508 e. The highest BCUT2D eigenvalue weighted by Crippen LogP contribution is 2.57. The van der Waals surface area contributed by atoms with E-state index < -0.39 is 78.8 Å². The maximum atomic E-state index is 12.0. The molecule has 0 aromatic heterocycles. The Balaban J connectivity index is 1.40. The lowest BCUT2D eigenvalue weighted by Gasteiger charge is -2.41. The highest BCUT2D eigenvalue weighted by molar-refractivity contribution is 5.75. The van der Waals surface area contributed by atoms with Crippen LogP contribution < -0.4 is 9.47 Å². The maximum absolute atomic E-state index is 12.0. The fourth-order valence-electron chi connectivity index (χ4n) is 6.70. The van der Waals surface area contributed by atoms with Gasteiger partial charge in [-0.25, -0.2) is 0 Å². The molecular weight excluding hydrogens is 672 g/mol. The van der Waals surface area contributed by atoms with Gasteiger partial charge in [0, 0.05) is 34.9 Å². The summed E-state index contributed by atoms with van der Waals surface area (Å²) >= 11 is 0. The van der Waals surface area contributed by atoms with Crippen molar-refractivity contribution in [3.63, 3.8) is 0 Å². The third-order valence-corrected chi connectivity index (χ3v) is 9.25. The average Bonchev–Trinajstić information content (AvgIpc) is 3.10. The summed E-state index contributed by atoms with van der Waals surface area (Å²) in [5.41, 5.74) is 0.499. The van der Waals surface area contributed by atoms with Crippen LogP contribution in [0.2, 0.25) is 0 Å². The Morgan fingerprint density at radius 2 is 1.24 bits per heavy atom. The molecule has 0 spiro atoms. The van der Waals surface area contributed by atoms with Crippen LogP contribution in [0.1, 0.15) is 45.9 Å². The van der Waals surface area contributed by atoms with E-state index in [-0.39, 0.29) is 51.2 Å². The van der Waals surface area contributed by atoms with Gasteiger partial charge in [0.15, 0.2) is 12.2 Å². The first-order valence-corrected chi connectivity index (χ1v) is 15.8. The van der Waals surface area contributed by atoms with E-state index in [1.165, 1.54) is 60.7 Å². The molecule has 0 radical (unpaired) electrons. The van der Waals surface area contributed by atoms with Crippen molar-refractivity contribution in [1.29, 1.82) is 0 Å². The number of benzene rings is 4. The predicted molar refractivity (Wildman–Crippen MR) is 173 cm³/mol. The van der Waals surface area contributed by atoms with Crippen LogP contribution in [0.4, 0.5) is 0 Å². The second-order valence-electron chi connectivity index (χ2n) is 12.5. The summed E-state index contributed by atoms with van der Waals surface area (Å²) in [7, 11) is 0. The summed E-state index contributed by atoms with van der Waals surface area (Å²) in [6, 6.07) is 14.7. The third kappa shape index (κ3) is 5.95. The zero-order valence-electron chi connectivity index (χ0n) is 26.4. The molecule has 9 atom stereocenters. The zero-order valence-corrected chi connectivity index (χ0v) is 26.4. The van der Waals surface area contributed by atoms with Crippen molar-refractivity contribution < 1.29 is 75.1 Å². The zero-order chi connectivity index (χ0) is 36.3. The molecule has 11 N–H and O–H groups in total. The molecule has 3 aliphatic rings. The molecule has 268 valence electrons. The molecule has 0 aliphatic carbocycles. The number of phenols is 6. The predicted octanol–water partition coefficient (Wildman–Crippen LogP) is 1.84. The topological polar surface area (TPSA) is 259 Å². The van der Waals surface area contributed by atoms with Crippen molar-refractivity contribution in [1.82, 2.24) is 0 Å². The molecule has 1 fully saturated rings. The first kappa shape index (κ1) is 34.0. The van der Waals surface area contributed by atoms with Crippen LogP contribution in [0.5, 0.6) is 46.0 Å². The Kier molecular flexibility index (Phi) is 8.71. The van der Waals surface area contributed by atoms with Crippen LogP contribution in [0.25, 0.3) is 6.08 Å². The Morgan fingerprint density at radius 1 is 0.608 bits per heavy atom. The lowest BCUT2D eigenvalue weighted by atomic mass is 9.78. The first-order chi connectivity index (χ1) is 24.4. The van der Waals surface area contributed by atoms with E-state index in [2.05, 4.69) is 0 Å². The molecule has 51 heavy (non-hydrogen) atoms. The quantitative estimate of drug-likeness (QED) is 0.137. The standard InChI is InChI=1S/C36H34O15/c37-13-25-29(44)31(46)32(47)36(50-25)49-24-11-19-20(41)12-22(43)27(35(19)51-33(24)14-1-5-16(38)6-2-14)28-26-21(42)9-18(40)10-23(26)48-34(30(28)45)15-3-7-17(39)8-4-15/h1-12,25,28-34,36-47H,13H2.